The number of carbonyl (C=O) groups excluding carboxylic acids is 1. The normalized spacial score (nSPS) is 9.94. The van der Waals surface area contributed by atoms with E-state index in [1.807, 2.05) is 27.7 Å². The number of hydrogen-bond donors (Lipinski definition) is 1. The van der Waals surface area contributed by atoms with Gasteiger partial charge < -0.3 is 15.0 Å². The molecule has 0 saturated carbocycles. The van der Waals surface area contributed by atoms with E-state index >= 15 is 0 Å². The van der Waals surface area contributed by atoms with Crippen molar-refractivity contribution in [2.45, 2.75) is 40.7 Å². The van der Waals surface area contributed by atoms with Crippen LogP contribution in [0.25, 0.3) is 0 Å². The fourth-order valence-corrected chi connectivity index (χ4v) is 2.07. The van der Waals surface area contributed by atoms with Crippen molar-refractivity contribution >= 4 is 5.97 Å². The van der Waals surface area contributed by atoms with Gasteiger partial charge in [0.15, 0.2) is 0 Å². The molecule has 0 atom stereocenters. The number of benzene rings is 1. The summed E-state index contributed by atoms with van der Waals surface area (Å²) < 4.78 is 0. The minimum atomic E-state index is -1.11. The van der Waals surface area contributed by atoms with Crippen LogP contribution in [0.15, 0.2) is 0 Å². The quantitative estimate of drug-likeness (QED) is 0.609. The molecule has 0 aromatic heterocycles. The van der Waals surface area contributed by atoms with Gasteiger partial charge in [-0.15, -0.1) is 0 Å². The number of aliphatic hydroxyl groups is 1. The molecule has 0 unspecified atom stereocenters. The van der Waals surface area contributed by atoms with E-state index in [2.05, 4.69) is 0 Å². The van der Waals surface area contributed by atoms with Gasteiger partial charge >= 0.3 is 29.6 Å². The zero-order valence-electron chi connectivity index (χ0n) is 11.2. The molecule has 0 heterocycles. The summed E-state index contributed by atoms with van der Waals surface area (Å²) in [6.07, 6.45) is -0.135. The number of rotatable bonds is 3. The molecular formula is C13H17NaO3. The zero-order chi connectivity index (χ0) is 12.5. The third-order valence-electron chi connectivity index (χ3n) is 3.44. The Hall–Kier alpha value is -0.350. The van der Waals surface area contributed by atoms with Crippen molar-refractivity contribution in [3.8, 4) is 0 Å². The average Bonchev–Trinajstić information content (AvgIpc) is 2.23. The fraction of sp³-hybridized carbons (Fsp3) is 0.462. The first-order valence-electron chi connectivity index (χ1n) is 5.29. The summed E-state index contributed by atoms with van der Waals surface area (Å²) in [5.74, 6) is -1.11. The molecule has 0 aliphatic heterocycles. The Morgan fingerprint density at radius 2 is 1.41 bits per heavy atom. The van der Waals surface area contributed by atoms with E-state index in [0.717, 1.165) is 27.8 Å². The second kappa shape index (κ2) is 6.55. The zero-order valence-corrected chi connectivity index (χ0v) is 13.2. The van der Waals surface area contributed by atoms with Crippen molar-refractivity contribution in [1.29, 1.82) is 0 Å². The Morgan fingerprint density at radius 3 is 1.76 bits per heavy atom. The molecule has 0 bridgehead atoms. The predicted molar refractivity (Wildman–Crippen MR) is 60.0 cm³/mol. The summed E-state index contributed by atoms with van der Waals surface area (Å²) in [5, 5.41) is 20.0. The van der Waals surface area contributed by atoms with Gasteiger partial charge in [-0.25, -0.2) is 0 Å². The van der Waals surface area contributed by atoms with Crippen LogP contribution in [0.4, 0.5) is 0 Å². The molecule has 1 aromatic carbocycles. The molecule has 0 radical (unpaired) electrons. The van der Waals surface area contributed by atoms with E-state index in [1.165, 1.54) is 0 Å². The third kappa shape index (κ3) is 3.32. The number of carboxylic acid groups (broad SMARTS) is 1. The molecular weight excluding hydrogens is 227 g/mol. The van der Waals surface area contributed by atoms with Crippen LogP contribution < -0.4 is 34.7 Å². The number of aliphatic carboxylic acids is 1. The number of hydrogen-bond acceptors (Lipinski definition) is 3. The molecule has 0 fully saturated rings. The molecule has 1 aromatic rings. The van der Waals surface area contributed by atoms with E-state index in [4.69, 9.17) is 0 Å². The summed E-state index contributed by atoms with van der Waals surface area (Å²) in [6.45, 7) is 7.62. The minimum Gasteiger partial charge on any atom is -0.550 e. The summed E-state index contributed by atoms with van der Waals surface area (Å²) >= 11 is 0. The van der Waals surface area contributed by atoms with Crippen molar-refractivity contribution in [2.75, 3.05) is 0 Å². The first-order valence-corrected chi connectivity index (χ1v) is 5.29. The van der Waals surface area contributed by atoms with Gasteiger partial charge in [0.1, 0.15) is 0 Å². The maximum absolute atomic E-state index is 10.7. The SMILES string of the molecule is Cc1c(C)c(C)c(CC(=O)[O-])c(CO)c1C.[Na+]. The molecule has 88 valence electrons. The second-order valence-corrected chi connectivity index (χ2v) is 4.16. The topological polar surface area (TPSA) is 60.4 Å². The van der Waals surface area contributed by atoms with Crippen LogP contribution in [0.5, 0.6) is 0 Å². The maximum atomic E-state index is 10.7. The largest absolute Gasteiger partial charge is 1.00 e. The summed E-state index contributed by atoms with van der Waals surface area (Å²) in [4.78, 5) is 10.7. The number of carbonyl (C=O) groups is 1. The van der Waals surface area contributed by atoms with E-state index in [0.29, 0.717) is 5.56 Å². The van der Waals surface area contributed by atoms with Gasteiger partial charge in [0.2, 0.25) is 0 Å². The first-order chi connectivity index (χ1) is 7.40. The van der Waals surface area contributed by atoms with Crippen LogP contribution in [0.3, 0.4) is 0 Å². The van der Waals surface area contributed by atoms with Gasteiger partial charge in [0.25, 0.3) is 0 Å². The Kier molecular flexibility index (Phi) is 6.41. The molecule has 0 amide bonds. The van der Waals surface area contributed by atoms with Crippen LogP contribution in [0, 0.1) is 27.7 Å². The number of carboxylic acids is 1. The Bertz CT molecular complexity index is 439. The molecule has 0 spiro atoms. The molecule has 0 saturated heterocycles. The molecule has 1 N–H and O–H groups in total. The van der Waals surface area contributed by atoms with Crippen LogP contribution >= 0.6 is 0 Å². The van der Waals surface area contributed by atoms with E-state index in [-0.39, 0.29) is 42.6 Å². The molecule has 0 aliphatic carbocycles. The molecule has 4 heteroatoms. The predicted octanol–water partition coefficient (Wildman–Crippen LogP) is -2.29. The third-order valence-corrected chi connectivity index (χ3v) is 3.44. The Morgan fingerprint density at radius 1 is 1.00 bits per heavy atom. The van der Waals surface area contributed by atoms with Gasteiger partial charge in [-0.2, -0.15) is 0 Å². The Balaban J connectivity index is 0.00000256. The average molecular weight is 244 g/mol. The Labute approximate surface area is 124 Å². The van der Waals surface area contributed by atoms with Gasteiger partial charge in [0.05, 0.1) is 6.61 Å². The van der Waals surface area contributed by atoms with Crippen molar-refractivity contribution < 1.29 is 44.6 Å². The standard InChI is InChI=1S/C13H18O3.Na/c1-7-8(2)10(4)12(6-14)11(9(7)3)5-13(15)16;/h14H,5-6H2,1-4H3,(H,15,16);/q;+1/p-1. The van der Waals surface area contributed by atoms with Crippen LogP contribution in [0.2, 0.25) is 0 Å². The maximum Gasteiger partial charge on any atom is 1.00 e. The van der Waals surface area contributed by atoms with Crippen LogP contribution in [-0.2, 0) is 17.8 Å². The number of aliphatic hydroxyl groups excluding tert-OH is 1. The summed E-state index contributed by atoms with van der Waals surface area (Å²) in [5.41, 5.74) is 5.54. The fourth-order valence-electron chi connectivity index (χ4n) is 2.07. The van der Waals surface area contributed by atoms with Crippen molar-refractivity contribution in [3.05, 3.63) is 33.4 Å². The molecule has 1 rings (SSSR count). The van der Waals surface area contributed by atoms with Crippen molar-refractivity contribution in [3.63, 3.8) is 0 Å². The van der Waals surface area contributed by atoms with Gasteiger partial charge in [-0.1, -0.05) is 0 Å². The van der Waals surface area contributed by atoms with E-state index < -0.39 is 5.97 Å². The minimum absolute atomic E-state index is 0. The summed E-state index contributed by atoms with van der Waals surface area (Å²) in [6, 6.07) is 0. The molecule has 3 nitrogen and oxygen atoms in total. The van der Waals surface area contributed by atoms with E-state index in [9.17, 15) is 15.0 Å². The smallest absolute Gasteiger partial charge is 0.550 e. The van der Waals surface area contributed by atoms with Crippen LogP contribution in [0.1, 0.15) is 33.4 Å². The van der Waals surface area contributed by atoms with Gasteiger partial charge in [0, 0.05) is 12.4 Å². The van der Waals surface area contributed by atoms with Crippen molar-refractivity contribution in [2.24, 2.45) is 0 Å². The molecule has 0 aliphatic rings. The summed E-state index contributed by atoms with van der Waals surface area (Å²) in [7, 11) is 0. The molecule has 17 heavy (non-hydrogen) atoms. The van der Waals surface area contributed by atoms with Gasteiger partial charge in [-0.3, -0.25) is 0 Å². The van der Waals surface area contributed by atoms with Gasteiger partial charge in [-0.05, 0) is 61.1 Å². The van der Waals surface area contributed by atoms with E-state index in [1.54, 1.807) is 0 Å². The van der Waals surface area contributed by atoms with Crippen LogP contribution in [-0.4, -0.2) is 11.1 Å². The first kappa shape index (κ1) is 16.6. The van der Waals surface area contributed by atoms with Crippen molar-refractivity contribution in [1.82, 2.24) is 0 Å². The second-order valence-electron chi connectivity index (χ2n) is 4.16. The monoisotopic (exact) mass is 244 g/mol.